The maximum absolute atomic E-state index is 11.6. The molecule has 0 saturated carbocycles. The lowest BCUT2D eigenvalue weighted by Crippen LogP contribution is -2.43. The second kappa shape index (κ2) is 9.64. The standard InChI is InChI=1S/C16H26N2O2.ClH/c1-5-10-17-11-13-6-8-14(9-7-13)20-12-15(19)18-16(2,3)4;/h6-9,17H,5,10-12H2,1-4H3,(H,18,19);1H. The van der Waals surface area contributed by atoms with Gasteiger partial charge in [-0.25, -0.2) is 0 Å². The number of benzene rings is 1. The van der Waals surface area contributed by atoms with Crippen molar-refractivity contribution in [2.24, 2.45) is 0 Å². The molecule has 1 aromatic rings. The van der Waals surface area contributed by atoms with Crippen LogP contribution >= 0.6 is 12.4 Å². The van der Waals surface area contributed by atoms with Crippen LogP contribution in [0.25, 0.3) is 0 Å². The molecule has 0 atom stereocenters. The number of amides is 1. The summed E-state index contributed by atoms with van der Waals surface area (Å²) in [6, 6.07) is 7.82. The normalized spacial score (nSPS) is 10.7. The monoisotopic (exact) mass is 314 g/mol. The van der Waals surface area contributed by atoms with E-state index in [-0.39, 0.29) is 30.5 Å². The molecule has 0 aliphatic heterocycles. The highest BCUT2D eigenvalue weighted by Gasteiger charge is 2.13. The third-order valence-corrected chi connectivity index (χ3v) is 2.56. The summed E-state index contributed by atoms with van der Waals surface area (Å²) < 4.78 is 5.46. The summed E-state index contributed by atoms with van der Waals surface area (Å²) >= 11 is 0. The van der Waals surface area contributed by atoms with E-state index >= 15 is 0 Å². The van der Waals surface area contributed by atoms with E-state index in [9.17, 15) is 4.79 Å². The number of hydrogen-bond acceptors (Lipinski definition) is 3. The van der Waals surface area contributed by atoms with Gasteiger partial charge in [0.15, 0.2) is 6.61 Å². The van der Waals surface area contributed by atoms with E-state index in [1.54, 1.807) is 0 Å². The van der Waals surface area contributed by atoms with Crippen molar-refractivity contribution in [3.63, 3.8) is 0 Å². The summed E-state index contributed by atoms with van der Waals surface area (Å²) in [4.78, 5) is 11.6. The first-order valence-corrected chi connectivity index (χ1v) is 7.14. The molecule has 0 aromatic heterocycles. The van der Waals surface area contributed by atoms with E-state index in [2.05, 4.69) is 17.6 Å². The van der Waals surface area contributed by atoms with Crippen molar-refractivity contribution < 1.29 is 9.53 Å². The van der Waals surface area contributed by atoms with Crippen molar-refractivity contribution in [3.05, 3.63) is 29.8 Å². The number of rotatable bonds is 7. The van der Waals surface area contributed by atoms with Crippen LogP contribution in [0.2, 0.25) is 0 Å². The lowest BCUT2D eigenvalue weighted by molar-refractivity contribution is -0.124. The lowest BCUT2D eigenvalue weighted by Gasteiger charge is -2.20. The van der Waals surface area contributed by atoms with Crippen LogP contribution < -0.4 is 15.4 Å². The molecule has 5 heteroatoms. The van der Waals surface area contributed by atoms with Gasteiger partial charge in [0.25, 0.3) is 5.91 Å². The topological polar surface area (TPSA) is 50.4 Å². The zero-order chi connectivity index (χ0) is 15.0. The largest absolute Gasteiger partial charge is 0.484 e. The van der Waals surface area contributed by atoms with E-state index < -0.39 is 0 Å². The van der Waals surface area contributed by atoms with Crippen LogP contribution in [0.5, 0.6) is 5.75 Å². The van der Waals surface area contributed by atoms with Gasteiger partial charge in [-0.15, -0.1) is 12.4 Å². The van der Waals surface area contributed by atoms with Gasteiger partial charge in [-0.2, -0.15) is 0 Å². The molecular formula is C16H27ClN2O2. The highest BCUT2D eigenvalue weighted by molar-refractivity contribution is 5.85. The van der Waals surface area contributed by atoms with Crippen molar-refractivity contribution in [1.29, 1.82) is 0 Å². The Morgan fingerprint density at radius 2 is 1.81 bits per heavy atom. The number of nitrogens with one attached hydrogen (secondary N) is 2. The molecule has 0 unspecified atom stereocenters. The van der Waals surface area contributed by atoms with Gasteiger partial charge in [0, 0.05) is 12.1 Å². The van der Waals surface area contributed by atoms with Crippen molar-refractivity contribution in [3.8, 4) is 5.75 Å². The van der Waals surface area contributed by atoms with Crippen LogP contribution in [0.1, 0.15) is 39.7 Å². The van der Waals surface area contributed by atoms with Gasteiger partial charge in [0.05, 0.1) is 0 Å². The van der Waals surface area contributed by atoms with Gasteiger partial charge in [-0.05, 0) is 51.4 Å². The highest BCUT2D eigenvalue weighted by atomic mass is 35.5. The zero-order valence-electron chi connectivity index (χ0n) is 13.4. The van der Waals surface area contributed by atoms with Gasteiger partial charge in [-0.3, -0.25) is 4.79 Å². The van der Waals surface area contributed by atoms with Crippen LogP contribution in [-0.4, -0.2) is 24.6 Å². The molecular weight excluding hydrogens is 288 g/mol. The molecule has 0 aliphatic rings. The number of carbonyl (C=O) groups is 1. The smallest absolute Gasteiger partial charge is 0.258 e. The molecule has 1 amide bonds. The molecule has 21 heavy (non-hydrogen) atoms. The molecule has 120 valence electrons. The van der Waals surface area contributed by atoms with Crippen LogP contribution in [0.3, 0.4) is 0 Å². The fraction of sp³-hybridized carbons (Fsp3) is 0.562. The Morgan fingerprint density at radius 3 is 2.33 bits per heavy atom. The molecule has 0 bridgehead atoms. The molecule has 0 fully saturated rings. The summed E-state index contributed by atoms with van der Waals surface area (Å²) in [7, 11) is 0. The Bertz CT molecular complexity index is 413. The first kappa shape index (κ1) is 19.7. The number of hydrogen-bond donors (Lipinski definition) is 2. The number of ether oxygens (including phenoxy) is 1. The molecule has 4 nitrogen and oxygen atoms in total. The van der Waals surface area contributed by atoms with Gasteiger partial charge in [0.1, 0.15) is 5.75 Å². The Kier molecular flexibility index (Phi) is 9.06. The lowest BCUT2D eigenvalue weighted by atomic mass is 10.1. The summed E-state index contributed by atoms with van der Waals surface area (Å²) in [6.07, 6.45) is 1.13. The Labute approximate surface area is 134 Å². The average Bonchev–Trinajstić information content (AvgIpc) is 2.36. The minimum absolute atomic E-state index is 0. The number of halogens is 1. The summed E-state index contributed by atoms with van der Waals surface area (Å²) in [6.45, 7) is 9.91. The third-order valence-electron chi connectivity index (χ3n) is 2.56. The van der Waals surface area contributed by atoms with E-state index in [1.165, 1.54) is 5.56 Å². The van der Waals surface area contributed by atoms with Crippen LogP contribution in [0.15, 0.2) is 24.3 Å². The van der Waals surface area contributed by atoms with Gasteiger partial charge in [-0.1, -0.05) is 19.1 Å². The molecule has 0 saturated heterocycles. The average molecular weight is 315 g/mol. The van der Waals surface area contributed by atoms with Crippen LogP contribution in [-0.2, 0) is 11.3 Å². The van der Waals surface area contributed by atoms with Crippen molar-refractivity contribution in [2.45, 2.75) is 46.2 Å². The van der Waals surface area contributed by atoms with Gasteiger partial charge >= 0.3 is 0 Å². The molecule has 0 aliphatic carbocycles. The molecule has 0 radical (unpaired) electrons. The highest BCUT2D eigenvalue weighted by Crippen LogP contribution is 2.12. The fourth-order valence-corrected chi connectivity index (χ4v) is 1.72. The van der Waals surface area contributed by atoms with Gasteiger partial charge < -0.3 is 15.4 Å². The summed E-state index contributed by atoms with van der Waals surface area (Å²) in [5.41, 5.74) is 0.986. The molecule has 2 N–H and O–H groups in total. The SMILES string of the molecule is CCCNCc1ccc(OCC(=O)NC(C)(C)C)cc1.Cl. The summed E-state index contributed by atoms with van der Waals surface area (Å²) in [5, 5.41) is 6.20. The Morgan fingerprint density at radius 1 is 1.19 bits per heavy atom. The van der Waals surface area contributed by atoms with Crippen LogP contribution in [0.4, 0.5) is 0 Å². The summed E-state index contributed by atoms with van der Waals surface area (Å²) in [5.74, 6) is 0.611. The van der Waals surface area contributed by atoms with E-state index in [0.29, 0.717) is 5.75 Å². The van der Waals surface area contributed by atoms with Crippen molar-refractivity contribution >= 4 is 18.3 Å². The zero-order valence-corrected chi connectivity index (χ0v) is 14.2. The van der Waals surface area contributed by atoms with Crippen LogP contribution in [0, 0.1) is 0 Å². The molecule has 1 rings (SSSR count). The maximum atomic E-state index is 11.6. The second-order valence-corrected chi connectivity index (χ2v) is 5.91. The Balaban J connectivity index is 0.00000400. The van der Waals surface area contributed by atoms with E-state index in [4.69, 9.17) is 4.74 Å². The second-order valence-electron chi connectivity index (χ2n) is 5.91. The van der Waals surface area contributed by atoms with E-state index in [1.807, 2.05) is 45.0 Å². The fourth-order valence-electron chi connectivity index (χ4n) is 1.72. The first-order valence-electron chi connectivity index (χ1n) is 7.14. The molecule has 0 heterocycles. The van der Waals surface area contributed by atoms with E-state index in [0.717, 1.165) is 19.5 Å². The predicted molar refractivity (Wildman–Crippen MR) is 89.1 cm³/mol. The molecule has 0 spiro atoms. The van der Waals surface area contributed by atoms with Crippen molar-refractivity contribution in [1.82, 2.24) is 10.6 Å². The minimum Gasteiger partial charge on any atom is -0.484 e. The first-order chi connectivity index (χ1) is 9.40. The molecule has 1 aromatic carbocycles. The number of carbonyl (C=O) groups excluding carboxylic acids is 1. The third kappa shape index (κ3) is 9.32. The minimum atomic E-state index is -0.227. The Hall–Kier alpha value is -1.26. The van der Waals surface area contributed by atoms with Gasteiger partial charge in [0.2, 0.25) is 0 Å². The quantitative estimate of drug-likeness (QED) is 0.761. The predicted octanol–water partition coefficient (Wildman–Crippen LogP) is 2.90. The maximum Gasteiger partial charge on any atom is 0.258 e. The van der Waals surface area contributed by atoms with Crippen molar-refractivity contribution in [2.75, 3.05) is 13.2 Å².